The van der Waals surface area contributed by atoms with Crippen LogP contribution in [0.5, 0.6) is 0 Å². The molecule has 0 saturated carbocycles. The van der Waals surface area contributed by atoms with E-state index in [2.05, 4.69) is 36.6 Å². The molecule has 0 radical (unpaired) electrons. The molecule has 2 rings (SSSR count). The monoisotopic (exact) mass is 251 g/mol. The molecule has 5 nitrogen and oxygen atoms in total. The fraction of sp³-hybridized carbons (Fsp3) is 0.692. The molecule has 1 aliphatic heterocycles. The van der Waals surface area contributed by atoms with Crippen LogP contribution >= 0.6 is 0 Å². The lowest BCUT2D eigenvalue weighted by atomic mass is 9.91. The Morgan fingerprint density at radius 1 is 1.61 bits per heavy atom. The number of rotatable bonds is 3. The van der Waals surface area contributed by atoms with Gasteiger partial charge in [0, 0.05) is 6.07 Å². The van der Waals surface area contributed by atoms with Crippen LogP contribution in [-0.4, -0.2) is 23.7 Å². The molecule has 0 bridgehead atoms. The zero-order valence-corrected chi connectivity index (χ0v) is 11.2. The van der Waals surface area contributed by atoms with Crippen molar-refractivity contribution in [1.29, 1.82) is 0 Å². The van der Waals surface area contributed by atoms with Gasteiger partial charge in [-0.2, -0.15) is 0 Å². The summed E-state index contributed by atoms with van der Waals surface area (Å²) < 4.78 is 5.13. The van der Waals surface area contributed by atoms with Crippen LogP contribution in [0.15, 0.2) is 10.6 Å². The third-order valence-electron chi connectivity index (χ3n) is 2.89. The summed E-state index contributed by atoms with van der Waals surface area (Å²) in [6.07, 6.45) is 2.76. The number of anilines is 1. The molecule has 0 spiro atoms. The Balaban J connectivity index is 1.92. The predicted molar refractivity (Wildman–Crippen MR) is 69.3 cm³/mol. The normalized spacial score (nSPS) is 20.1. The van der Waals surface area contributed by atoms with Crippen LogP contribution in [0.3, 0.4) is 0 Å². The van der Waals surface area contributed by atoms with Crippen LogP contribution in [-0.2, 0) is 11.2 Å². The Morgan fingerprint density at radius 2 is 2.39 bits per heavy atom. The third-order valence-corrected chi connectivity index (χ3v) is 2.89. The van der Waals surface area contributed by atoms with Crippen molar-refractivity contribution in [3.8, 4) is 0 Å². The Hall–Kier alpha value is -1.36. The Kier molecular flexibility index (Phi) is 3.71. The summed E-state index contributed by atoms with van der Waals surface area (Å²) in [4.78, 5) is 11.8. The van der Waals surface area contributed by atoms with Crippen molar-refractivity contribution >= 4 is 11.8 Å². The van der Waals surface area contributed by atoms with E-state index >= 15 is 0 Å². The Morgan fingerprint density at radius 3 is 3.00 bits per heavy atom. The van der Waals surface area contributed by atoms with Gasteiger partial charge in [0.15, 0.2) is 0 Å². The van der Waals surface area contributed by atoms with E-state index in [1.54, 1.807) is 6.07 Å². The molecule has 1 saturated heterocycles. The van der Waals surface area contributed by atoms with Gasteiger partial charge in [-0.15, -0.1) is 0 Å². The lowest BCUT2D eigenvalue weighted by Gasteiger charge is -2.14. The summed E-state index contributed by atoms with van der Waals surface area (Å²) in [5.74, 6) is 0.402. The number of nitrogens with one attached hydrogen (secondary N) is 2. The van der Waals surface area contributed by atoms with Crippen LogP contribution in [0.2, 0.25) is 0 Å². The van der Waals surface area contributed by atoms with Crippen molar-refractivity contribution in [2.75, 3.05) is 11.9 Å². The van der Waals surface area contributed by atoms with Gasteiger partial charge in [-0.3, -0.25) is 10.1 Å². The minimum atomic E-state index is -0.0961. The molecular formula is C13H21N3O2. The van der Waals surface area contributed by atoms with Gasteiger partial charge < -0.3 is 9.84 Å². The number of hydrogen-bond donors (Lipinski definition) is 2. The van der Waals surface area contributed by atoms with Crippen molar-refractivity contribution in [1.82, 2.24) is 10.5 Å². The summed E-state index contributed by atoms with van der Waals surface area (Å²) in [5.41, 5.74) is 1.03. The number of aromatic nitrogens is 1. The standard InChI is InChI=1S/C13H21N3O2/c1-13(2,3)8-9-7-11(18-16-9)15-12(17)10-5-4-6-14-10/h7,10,14H,4-6,8H2,1-3H3,(H,15,17)/t10-/m0/s1. The van der Waals surface area contributed by atoms with Gasteiger partial charge in [-0.05, 0) is 31.2 Å². The van der Waals surface area contributed by atoms with Crippen molar-refractivity contribution < 1.29 is 9.32 Å². The average molecular weight is 251 g/mol. The highest BCUT2D eigenvalue weighted by atomic mass is 16.5. The topological polar surface area (TPSA) is 67.2 Å². The third kappa shape index (κ3) is 3.57. The van der Waals surface area contributed by atoms with Gasteiger partial charge in [0.2, 0.25) is 11.8 Å². The van der Waals surface area contributed by atoms with Gasteiger partial charge in [0.25, 0.3) is 0 Å². The second-order valence-electron chi connectivity index (χ2n) is 6.06. The number of carbonyl (C=O) groups is 1. The smallest absolute Gasteiger partial charge is 0.243 e. The highest BCUT2D eigenvalue weighted by Gasteiger charge is 2.23. The molecule has 2 N–H and O–H groups in total. The maximum Gasteiger partial charge on any atom is 0.243 e. The fourth-order valence-corrected chi connectivity index (χ4v) is 2.11. The molecule has 1 aliphatic rings. The molecule has 0 aromatic carbocycles. The molecular weight excluding hydrogens is 230 g/mol. The minimum absolute atomic E-state index is 0.0361. The van der Waals surface area contributed by atoms with E-state index in [0.717, 1.165) is 31.5 Å². The Labute approximate surface area is 107 Å². The van der Waals surface area contributed by atoms with Gasteiger partial charge >= 0.3 is 0 Å². The first-order chi connectivity index (χ1) is 8.44. The van der Waals surface area contributed by atoms with E-state index < -0.39 is 0 Å². The van der Waals surface area contributed by atoms with E-state index in [-0.39, 0.29) is 17.4 Å². The number of carbonyl (C=O) groups excluding carboxylic acids is 1. The Bertz CT molecular complexity index is 414. The number of hydrogen-bond acceptors (Lipinski definition) is 4. The SMILES string of the molecule is CC(C)(C)Cc1cc(NC(=O)[C@@H]2CCCN2)on1. The molecule has 1 atom stereocenters. The van der Waals surface area contributed by atoms with Crippen LogP contribution in [0.4, 0.5) is 5.88 Å². The van der Waals surface area contributed by atoms with Crippen molar-refractivity contribution in [2.45, 2.75) is 46.1 Å². The average Bonchev–Trinajstić information content (AvgIpc) is 2.86. The molecule has 18 heavy (non-hydrogen) atoms. The molecule has 2 heterocycles. The maximum absolute atomic E-state index is 11.8. The van der Waals surface area contributed by atoms with Gasteiger partial charge in [-0.1, -0.05) is 25.9 Å². The molecule has 0 unspecified atom stereocenters. The zero-order chi connectivity index (χ0) is 13.2. The first-order valence-electron chi connectivity index (χ1n) is 6.44. The highest BCUT2D eigenvalue weighted by molar-refractivity contribution is 5.93. The van der Waals surface area contributed by atoms with Gasteiger partial charge in [0.1, 0.15) is 0 Å². The minimum Gasteiger partial charge on any atom is -0.338 e. The van der Waals surface area contributed by atoms with Gasteiger partial charge in [0.05, 0.1) is 11.7 Å². The highest BCUT2D eigenvalue weighted by Crippen LogP contribution is 2.22. The van der Waals surface area contributed by atoms with Crippen molar-refractivity contribution in [3.05, 3.63) is 11.8 Å². The second-order valence-corrected chi connectivity index (χ2v) is 6.06. The predicted octanol–water partition coefficient (Wildman–Crippen LogP) is 1.95. The quantitative estimate of drug-likeness (QED) is 0.861. The molecule has 1 aromatic heterocycles. The number of nitrogens with zero attached hydrogens (tertiary/aromatic N) is 1. The van der Waals surface area contributed by atoms with Crippen LogP contribution in [0.1, 0.15) is 39.3 Å². The van der Waals surface area contributed by atoms with Crippen LogP contribution in [0, 0.1) is 5.41 Å². The molecule has 1 aromatic rings. The fourth-order valence-electron chi connectivity index (χ4n) is 2.11. The summed E-state index contributed by atoms with van der Waals surface area (Å²) >= 11 is 0. The van der Waals surface area contributed by atoms with Gasteiger partial charge in [-0.25, -0.2) is 0 Å². The summed E-state index contributed by atoms with van der Waals surface area (Å²) in [5, 5.41) is 9.88. The zero-order valence-electron chi connectivity index (χ0n) is 11.2. The van der Waals surface area contributed by atoms with Crippen LogP contribution < -0.4 is 10.6 Å². The number of amides is 1. The molecule has 1 amide bonds. The first kappa shape index (κ1) is 13.1. The first-order valence-corrected chi connectivity index (χ1v) is 6.44. The maximum atomic E-state index is 11.8. The molecule has 5 heteroatoms. The van der Waals surface area contributed by atoms with E-state index in [4.69, 9.17) is 4.52 Å². The van der Waals surface area contributed by atoms with E-state index in [1.807, 2.05) is 0 Å². The van der Waals surface area contributed by atoms with Crippen LogP contribution in [0.25, 0.3) is 0 Å². The lowest BCUT2D eigenvalue weighted by Crippen LogP contribution is -2.35. The molecule has 1 fully saturated rings. The summed E-state index contributed by atoms with van der Waals surface area (Å²) in [7, 11) is 0. The lowest BCUT2D eigenvalue weighted by molar-refractivity contribution is -0.117. The second kappa shape index (κ2) is 5.10. The van der Waals surface area contributed by atoms with Crippen molar-refractivity contribution in [3.63, 3.8) is 0 Å². The van der Waals surface area contributed by atoms with E-state index in [1.165, 1.54) is 0 Å². The largest absolute Gasteiger partial charge is 0.338 e. The van der Waals surface area contributed by atoms with Crippen molar-refractivity contribution in [2.24, 2.45) is 5.41 Å². The molecule has 0 aliphatic carbocycles. The van der Waals surface area contributed by atoms with E-state index in [9.17, 15) is 4.79 Å². The summed E-state index contributed by atoms with van der Waals surface area (Å²) in [6.45, 7) is 7.33. The molecule has 100 valence electrons. The van der Waals surface area contributed by atoms with E-state index in [0.29, 0.717) is 5.88 Å². The summed E-state index contributed by atoms with van der Waals surface area (Å²) in [6, 6.07) is 1.71.